The normalized spacial score (nSPS) is 20.9. The first-order valence-electron chi connectivity index (χ1n) is 27.4. The first-order chi connectivity index (χ1) is 36.9. The number of carboxylic acids is 1. The van der Waals surface area contributed by atoms with Gasteiger partial charge in [-0.15, -0.1) is 11.6 Å². The van der Waals surface area contributed by atoms with Crippen molar-refractivity contribution < 1.29 is 52.6 Å². The number of urea groups is 1. The molecule has 6 N–H and O–H groups in total. The van der Waals surface area contributed by atoms with E-state index in [0.717, 1.165) is 98.3 Å². The number of amides is 5. The molecule has 20 heteroatoms. The lowest BCUT2D eigenvalue weighted by Gasteiger charge is -2.40. The number of unbranched alkanes of at least 4 members (excludes halogenated alkanes) is 4. The fraction of sp³-hybridized carbons (Fsp3) is 0.571. The van der Waals surface area contributed by atoms with Gasteiger partial charge in [0.1, 0.15) is 8.07 Å². The molecule has 5 amide bonds. The minimum atomic E-state index is -2.42. The molecule has 2 aromatic rings. The smallest absolute Gasteiger partial charge is 0.336 e. The number of benzene rings is 2. The monoisotopic (exact) mass is 1100 g/mol. The second-order valence-corrected chi connectivity index (χ2v) is 26.8. The van der Waals surface area contributed by atoms with Crippen molar-refractivity contribution in [3.05, 3.63) is 87.6 Å². The summed E-state index contributed by atoms with van der Waals surface area (Å²) < 4.78 is 24.9. The maximum Gasteiger partial charge on any atom is 0.336 e. The molecule has 2 aromatic carbocycles. The van der Waals surface area contributed by atoms with Gasteiger partial charge in [0.25, 0.3) is 5.91 Å². The largest absolute Gasteiger partial charge is 0.478 e. The van der Waals surface area contributed by atoms with E-state index in [4.69, 9.17) is 30.5 Å². The van der Waals surface area contributed by atoms with Crippen molar-refractivity contribution in [3.63, 3.8) is 0 Å². The summed E-state index contributed by atoms with van der Waals surface area (Å²) in [7, 11) is -2.42. The Hall–Kier alpha value is -5.02. The van der Waals surface area contributed by atoms with Crippen LogP contribution in [0, 0.1) is 5.92 Å². The van der Waals surface area contributed by atoms with Gasteiger partial charge in [-0.2, -0.15) is 11.8 Å². The fourth-order valence-electron chi connectivity index (χ4n) is 10.6. The Bertz CT molecular complexity index is 2540. The Labute approximate surface area is 457 Å². The number of carboxylic acid groups (broad SMARTS) is 1. The lowest BCUT2D eigenvalue weighted by Crippen LogP contribution is -2.52. The molecule has 5 aliphatic heterocycles. The summed E-state index contributed by atoms with van der Waals surface area (Å²) in [6, 6.07) is 11.8. The average molecular weight is 1100 g/mol. The molecule has 0 radical (unpaired) electrons. The number of anilines is 1. The van der Waals surface area contributed by atoms with E-state index in [2.05, 4.69) is 85.6 Å². The van der Waals surface area contributed by atoms with E-state index in [-0.39, 0.29) is 53.7 Å². The molecule has 3 atom stereocenters. The van der Waals surface area contributed by atoms with Crippen LogP contribution in [-0.4, -0.2) is 181 Å². The van der Waals surface area contributed by atoms with Crippen LogP contribution in [0.25, 0.3) is 5.57 Å². The summed E-state index contributed by atoms with van der Waals surface area (Å²) in [6.45, 7) is 12.4. The van der Waals surface area contributed by atoms with Crippen LogP contribution in [0.2, 0.25) is 13.1 Å². The minimum absolute atomic E-state index is 0.0218. The molecule has 412 valence electrons. The molecule has 6 aliphatic rings. The van der Waals surface area contributed by atoms with Crippen LogP contribution >= 0.6 is 23.4 Å². The van der Waals surface area contributed by atoms with Crippen molar-refractivity contribution in [2.75, 3.05) is 115 Å². The Balaban J connectivity index is 0.806. The molecule has 0 spiro atoms. The molecular formula is C56H77ClN7O10SSi+. The van der Waals surface area contributed by atoms with Crippen LogP contribution in [0.15, 0.2) is 65.4 Å². The average Bonchev–Trinajstić information content (AvgIpc) is 4.08. The van der Waals surface area contributed by atoms with Crippen molar-refractivity contribution in [2.24, 2.45) is 5.92 Å². The summed E-state index contributed by atoms with van der Waals surface area (Å²) in [4.78, 5) is 66.1. The highest BCUT2D eigenvalue weighted by atomic mass is 35.5. The second kappa shape index (κ2) is 28.0. The standard InChI is InChI=1S/C56H76ClN7O10SSi/c1-76(2)48-33-40(63-22-9-23-63)12-15-43(48)51(45-32-38(11-14-42(45)55(68)69)53(66)59-20-26-73-30-28-71-24-8-4-3-6-18-57)44-16-13-41(34-49(44)76)64-35-39(36-64)54(67)60-21-27-74-31-29-72-25-17-50(65)58-19-7-5-10-47-52-46(37-75-47)61-56(70)62-52/h11-16,32-34,39,46-47,52H,3-10,17-31,35-37H2,1-2H3,(H5-,58,59,60,61,62,65,66,67,68,69,70)/p+1/t46-,47-,52-/m0/s1. The number of thioether (sulfide) groups is 1. The number of rotatable bonds is 31. The SMILES string of the molecule is C[Si]1(C)C2=CC(=[N+]3CC(C(=O)NCCOCCOCCC(=O)NCCCC[C@@H]4SC[C@@H]5NC(=O)N[C@@H]54)C3)C=CC2=C(c2cc(C(=O)NCCOCCOCCCCCCCl)ccc2C(=O)O)c2ccc(N3CCC3)cc21. The van der Waals surface area contributed by atoms with Gasteiger partial charge in [0.05, 0.1) is 63.9 Å². The molecule has 0 bridgehead atoms. The van der Waals surface area contributed by atoms with Gasteiger partial charge in [-0.1, -0.05) is 38.4 Å². The number of nitrogens with one attached hydrogen (secondary N) is 5. The van der Waals surface area contributed by atoms with Crippen molar-refractivity contribution in [2.45, 2.75) is 88.2 Å². The molecule has 0 aromatic heterocycles. The van der Waals surface area contributed by atoms with E-state index >= 15 is 0 Å². The van der Waals surface area contributed by atoms with E-state index in [1.165, 1.54) is 16.4 Å². The highest BCUT2D eigenvalue weighted by Gasteiger charge is 2.45. The van der Waals surface area contributed by atoms with Crippen molar-refractivity contribution in [3.8, 4) is 0 Å². The van der Waals surface area contributed by atoms with Crippen LogP contribution in [0.4, 0.5) is 10.5 Å². The number of aromatic carboxylic acids is 1. The Morgan fingerprint density at radius 3 is 2.28 bits per heavy atom. The zero-order chi connectivity index (χ0) is 53.4. The van der Waals surface area contributed by atoms with Gasteiger partial charge in [-0.25, -0.2) is 14.2 Å². The third kappa shape index (κ3) is 14.8. The van der Waals surface area contributed by atoms with E-state index in [1.54, 1.807) is 12.1 Å². The van der Waals surface area contributed by atoms with E-state index in [0.29, 0.717) is 108 Å². The topological polar surface area (TPSA) is 209 Å². The lowest BCUT2D eigenvalue weighted by molar-refractivity contribution is -0.596. The predicted octanol–water partition coefficient (Wildman–Crippen LogP) is 5.00. The van der Waals surface area contributed by atoms with Crippen molar-refractivity contribution >= 4 is 83.3 Å². The molecule has 5 heterocycles. The molecule has 76 heavy (non-hydrogen) atoms. The third-order valence-electron chi connectivity index (χ3n) is 15.2. The van der Waals surface area contributed by atoms with Gasteiger partial charge in [0.2, 0.25) is 11.8 Å². The van der Waals surface area contributed by atoms with Gasteiger partial charge < -0.3 is 55.5 Å². The number of alkyl halides is 1. The predicted molar refractivity (Wildman–Crippen MR) is 300 cm³/mol. The Morgan fingerprint density at radius 1 is 0.803 bits per heavy atom. The maximum atomic E-state index is 13.6. The number of hydrogen-bond donors (Lipinski definition) is 6. The Kier molecular flexibility index (Phi) is 21.1. The zero-order valence-electron chi connectivity index (χ0n) is 44.2. The first-order valence-corrected chi connectivity index (χ1v) is 31.9. The number of allylic oxidation sites excluding steroid dienone is 5. The van der Waals surface area contributed by atoms with Crippen molar-refractivity contribution in [1.29, 1.82) is 0 Å². The fourth-order valence-corrected chi connectivity index (χ4v) is 15.4. The molecule has 8 rings (SSSR count). The second-order valence-electron chi connectivity index (χ2n) is 20.8. The van der Waals surface area contributed by atoms with Gasteiger partial charge in [0, 0.05) is 86.0 Å². The van der Waals surface area contributed by atoms with Crippen LogP contribution in [-0.2, 0) is 28.5 Å². The van der Waals surface area contributed by atoms with Gasteiger partial charge in [-0.3, -0.25) is 14.4 Å². The number of fused-ring (bicyclic) bond motifs is 3. The summed E-state index contributed by atoms with van der Waals surface area (Å²) in [5.74, 6) is 0.00843. The quantitative estimate of drug-likeness (QED) is 0.0194. The summed E-state index contributed by atoms with van der Waals surface area (Å²) in [5, 5.41) is 28.3. The lowest BCUT2D eigenvalue weighted by atomic mass is 9.86. The van der Waals surface area contributed by atoms with Crippen LogP contribution < -0.4 is 36.7 Å². The summed E-state index contributed by atoms with van der Waals surface area (Å²) in [6.07, 6.45) is 14.9. The molecule has 0 unspecified atom stereocenters. The molecule has 4 saturated heterocycles. The Morgan fingerprint density at radius 2 is 1.54 bits per heavy atom. The van der Waals surface area contributed by atoms with E-state index < -0.39 is 14.0 Å². The number of nitrogens with zero attached hydrogens (tertiary/aromatic N) is 2. The molecule has 1 aliphatic carbocycles. The van der Waals surface area contributed by atoms with Gasteiger partial charge in [0.15, 0.2) is 24.7 Å². The maximum absolute atomic E-state index is 13.6. The highest BCUT2D eigenvalue weighted by molar-refractivity contribution is 8.00. The molecule has 0 saturated carbocycles. The third-order valence-corrected chi connectivity index (χ3v) is 20.5. The van der Waals surface area contributed by atoms with E-state index in [9.17, 15) is 29.1 Å². The van der Waals surface area contributed by atoms with Gasteiger partial charge in [-0.05, 0) is 101 Å². The number of carbonyl (C=O) groups excluding carboxylic acids is 4. The van der Waals surface area contributed by atoms with Crippen LogP contribution in [0.3, 0.4) is 0 Å². The zero-order valence-corrected chi connectivity index (χ0v) is 46.8. The first kappa shape index (κ1) is 57.2. The number of ether oxygens (including phenoxy) is 4. The molecular weight excluding hydrogens is 1030 g/mol. The number of hydrogen-bond acceptors (Lipinski definition) is 11. The van der Waals surface area contributed by atoms with Crippen molar-refractivity contribution in [1.82, 2.24) is 26.6 Å². The summed E-state index contributed by atoms with van der Waals surface area (Å²) in [5.41, 5.74) is 5.87. The van der Waals surface area contributed by atoms with Crippen LogP contribution in [0.5, 0.6) is 0 Å². The molecule has 17 nitrogen and oxygen atoms in total. The van der Waals surface area contributed by atoms with E-state index in [1.807, 2.05) is 11.8 Å². The highest BCUT2D eigenvalue weighted by Crippen LogP contribution is 2.43. The molecule has 4 fully saturated rings. The minimum Gasteiger partial charge on any atom is -0.478 e. The van der Waals surface area contributed by atoms with Gasteiger partial charge >= 0.3 is 12.0 Å². The number of carbonyl (C=O) groups is 5. The number of halogens is 1. The summed E-state index contributed by atoms with van der Waals surface area (Å²) >= 11 is 7.65. The van der Waals surface area contributed by atoms with Crippen LogP contribution in [0.1, 0.15) is 89.6 Å².